The molecule has 0 aliphatic rings. The Bertz CT molecular complexity index is 422. The number of carbonyl (C=O) groups is 1. The monoisotopic (exact) mass is 257 g/mol. The van der Waals surface area contributed by atoms with Crippen molar-refractivity contribution >= 4 is 25.6 Å². The molecule has 15 heavy (non-hydrogen) atoms. The summed E-state index contributed by atoms with van der Waals surface area (Å²) in [5, 5.41) is -0.999. The number of hydrogen-bond acceptors (Lipinski definition) is 5. The third-order valence-electron chi connectivity index (χ3n) is 1.56. The average Bonchev–Trinajstić information content (AvgIpc) is 1.96. The van der Waals surface area contributed by atoms with Crippen LogP contribution in [-0.4, -0.2) is 40.0 Å². The molecule has 0 radical (unpaired) electrons. The van der Waals surface area contributed by atoms with E-state index in [9.17, 15) is 21.6 Å². The summed E-state index contributed by atoms with van der Waals surface area (Å²) in [4.78, 5) is 11.1. The van der Waals surface area contributed by atoms with Crippen LogP contribution in [0, 0.1) is 0 Å². The van der Waals surface area contributed by atoms with Crippen molar-refractivity contribution in [3.8, 4) is 0 Å². The normalized spacial score (nSPS) is 14.9. The van der Waals surface area contributed by atoms with E-state index in [-0.39, 0.29) is 12.2 Å². The quantitative estimate of drug-likeness (QED) is 0.677. The van der Waals surface area contributed by atoms with Gasteiger partial charge in [-0.1, -0.05) is 6.92 Å². The molecule has 0 spiro atoms. The molecule has 0 aliphatic carbocycles. The topological polar surface area (TPSA) is 97.4 Å². The van der Waals surface area contributed by atoms with Crippen LogP contribution in [0.4, 0.5) is 0 Å². The SMILES string of the molecule is CCC(=O)C(C)NS(=O)(=O)CS(C)(=O)=O. The van der Waals surface area contributed by atoms with Crippen molar-refractivity contribution < 1.29 is 21.6 Å². The predicted molar refractivity (Wildman–Crippen MR) is 56.5 cm³/mol. The summed E-state index contributed by atoms with van der Waals surface area (Å²) in [7, 11) is -7.57. The Morgan fingerprint density at radius 1 is 1.27 bits per heavy atom. The molecule has 8 heteroatoms. The van der Waals surface area contributed by atoms with Gasteiger partial charge in [0.25, 0.3) is 0 Å². The van der Waals surface area contributed by atoms with Crippen LogP contribution in [0.5, 0.6) is 0 Å². The maximum atomic E-state index is 11.2. The van der Waals surface area contributed by atoms with Gasteiger partial charge in [-0.3, -0.25) is 4.79 Å². The molecule has 6 nitrogen and oxygen atoms in total. The Morgan fingerprint density at radius 2 is 1.73 bits per heavy atom. The summed E-state index contributed by atoms with van der Waals surface area (Å²) >= 11 is 0. The van der Waals surface area contributed by atoms with Gasteiger partial charge in [-0.2, -0.15) is 0 Å². The van der Waals surface area contributed by atoms with Crippen LogP contribution in [0.1, 0.15) is 20.3 Å². The number of hydrogen-bond donors (Lipinski definition) is 1. The highest BCUT2D eigenvalue weighted by Gasteiger charge is 2.22. The maximum absolute atomic E-state index is 11.2. The smallest absolute Gasteiger partial charge is 0.226 e. The number of Topliss-reactive ketones (excluding diaryl/α,β-unsaturated/α-hetero) is 1. The zero-order valence-electron chi connectivity index (χ0n) is 8.85. The molecule has 0 aromatic rings. The van der Waals surface area contributed by atoms with Crippen LogP contribution >= 0.6 is 0 Å². The first-order chi connectivity index (χ1) is 6.57. The minimum atomic E-state index is -3.95. The molecule has 0 aromatic carbocycles. The highest BCUT2D eigenvalue weighted by atomic mass is 32.3. The predicted octanol–water partition coefficient (Wildman–Crippen LogP) is -0.724. The third kappa shape index (κ3) is 6.58. The van der Waals surface area contributed by atoms with Crippen molar-refractivity contribution in [1.82, 2.24) is 4.72 Å². The molecule has 0 bridgehead atoms. The average molecular weight is 257 g/mol. The number of ketones is 1. The van der Waals surface area contributed by atoms with E-state index < -0.39 is 31.0 Å². The summed E-state index contributed by atoms with van der Waals surface area (Å²) < 4.78 is 46.0. The number of rotatable bonds is 6. The highest BCUT2D eigenvalue weighted by molar-refractivity contribution is 8.06. The molecule has 90 valence electrons. The van der Waals surface area contributed by atoms with Gasteiger partial charge < -0.3 is 0 Å². The van der Waals surface area contributed by atoms with Gasteiger partial charge in [0, 0.05) is 12.7 Å². The second kappa shape index (κ2) is 5.04. The molecule has 0 heterocycles. The Morgan fingerprint density at radius 3 is 2.07 bits per heavy atom. The first-order valence-electron chi connectivity index (χ1n) is 4.28. The van der Waals surface area contributed by atoms with E-state index in [2.05, 4.69) is 0 Å². The fourth-order valence-electron chi connectivity index (χ4n) is 0.957. The molecular weight excluding hydrogens is 242 g/mol. The third-order valence-corrected chi connectivity index (χ3v) is 5.22. The lowest BCUT2D eigenvalue weighted by Gasteiger charge is -2.11. The van der Waals surface area contributed by atoms with Crippen molar-refractivity contribution in [3.63, 3.8) is 0 Å². The minimum absolute atomic E-state index is 0.197. The number of nitrogens with one attached hydrogen (secondary N) is 1. The fraction of sp³-hybridized carbons (Fsp3) is 0.857. The van der Waals surface area contributed by atoms with Crippen LogP contribution < -0.4 is 4.72 Å². The molecule has 0 aliphatic heterocycles. The summed E-state index contributed by atoms with van der Waals surface area (Å²) in [5.41, 5.74) is 0. The Hall–Kier alpha value is -0.470. The molecule has 1 unspecified atom stereocenters. The van der Waals surface area contributed by atoms with Crippen molar-refractivity contribution in [2.75, 3.05) is 11.3 Å². The van der Waals surface area contributed by atoms with Crippen LogP contribution in [0.15, 0.2) is 0 Å². The number of carbonyl (C=O) groups excluding carboxylic acids is 1. The maximum Gasteiger partial charge on any atom is 0.226 e. The highest BCUT2D eigenvalue weighted by Crippen LogP contribution is 1.97. The summed E-state index contributed by atoms with van der Waals surface area (Å²) in [5.74, 6) is -0.285. The van der Waals surface area contributed by atoms with Gasteiger partial charge in [0.05, 0.1) is 6.04 Å². The first-order valence-corrected chi connectivity index (χ1v) is 7.99. The van der Waals surface area contributed by atoms with Crippen molar-refractivity contribution in [2.24, 2.45) is 0 Å². The van der Waals surface area contributed by atoms with Gasteiger partial charge in [-0.05, 0) is 6.92 Å². The molecular formula is C7H15NO5S2. The van der Waals surface area contributed by atoms with Gasteiger partial charge in [-0.25, -0.2) is 21.6 Å². The molecule has 1 atom stereocenters. The van der Waals surface area contributed by atoms with E-state index >= 15 is 0 Å². The van der Waals surface area contributed by atoms with Crippen LogP contribution in [-0.2, 0) is 24.7 Å². The lowest BCUT2D eigenvalue weighted by Crippen LogP contribution is -2.40. The molecule has 0 saturated carbocycles. The van der Waals surface area contributed by atoms with Gasteiger partial charge in [-0.15, -0.1) is 0 Å². The van der Waals surface area contributed by atoms with Gasteiger partial charge >= 0.3 is 0 Å². The number of sulfonamides is 1. The van der Waals surface area contributed by atoms with Crippen molar-refractivity contribution in [1.29, 1.82) is 0 Å². The molecule has 0 amide bonds. The molecule has 0 rings (SSSR count). The van der Waals surface area contributed by atoms with E-state index in [1.807, 2.05) is 4.72 Å². The van der Waals surface area contributed by atoms with E-state index in [1.54, 1.807) is 6.92 Å². The Kier molecular flexibility index (Phi) is 4.88. The molecule has 1 N–H and O–H groups in total. The van der Waals surface area contributed by atoms with E-state index in [0.29, 0.717) is 0 Å². The van der Waals surface area contributed by atoms with Crippen LogP contribution in [0.2, 0.25) is 0 Å². The summed E-state index contributed by atoms with van der Waals surface area (Å²) in [6.07, 6.45) is 1.01. The minimum Gasteiger partial charge on any atom is -0.298 e. The second-order valence-corrected chi connectivity index (χ2v) is 7.58. The van der Waals surface area contributed by atoms with Crippen LogP contribution in [0.3, 0.4) is 0 Å². The van der Waals surface area contributed by atoms with E-state index in [1.165, 1.54) is 6.92 Å². The van der Waals surface area contributed by atoms with Crippen molar-refractivity contribution in [3.05, 3.63) is 0 Å². The molecule has 0 aromatic heterocycles. The molecule has 0 fully saturated rings. The Labute approximate surface area is 90.0 Å². The lowest BCUT2D eigenvalue weighted by atomic mass is 10.2. The summed E-state index contributed by atoms with van der Waals surface area (Å²) in [6.45, 7) is 2.98. The van der Waals surface area contributed by atoms with Crippen LogP contribution in [0.25, 0.3) is 0 Å². The molecule has 0 saturated heterocycles. The zero-order chi connectivity index (χ0) is 12.3. The second-order valence-electron chi connectivity index (χ2n) is 3.32. The standard InChI is InChI=1S/C7H15NO5S2/c1-4-7(9)6(2)8-15(12,13)5-14(3,10)11/h6,8H,4-5H2,1-3H3. The lowest BCUT2D eigenvalue weighted by molar-refractivity contribution is -0.119. The van der Waals surface area contributed by atoms with E-state index in [0.717, 1.165) is 6.26 Å². The largest absolute Gasteiger partial charge is 0.298 e. The van der Waals surface area contributed by atoms with Crippen molar-refractivity contribution in [2.45, 2.75) is 26.3 Å². The number of sulfone groups is 1. The Balaban J connectivity index is 4.60. The van der Waals surface area contributed by atoms with Gasteiger partial charge in [0.1, 0.15) is 5.78 Å². The van der Waals surface area contributed by atoms with E-state index in [4.69, 9.17) is 0 Å². The first kappa shape index (κ1) is 14.5. The fourth-order valence-corrected chi connectivity index (χ4v) is 4.15. The zero-order valence-corrected chi connectivity index (χ0v) is 10.5. The van der Waals surface area contributed by atoms with Gasteiger partial charge in [0.2, 0.25) is 10.0 Å². The summed E-state index contributed by atoms with van der Waals surface area (Å²) in [6, 6.07) is -0.887. The van der Waals surface area contributed by atoms with Gasteiger partial charge in [0.15, 0.2) is 14.9 Å².